The predicted octanol–water partition coefficient (Wildman–Crippen LogP) is 4.05. The van der Waals surface area contributed by atoms with Crippen molar-refractivity contribution < 1.29 is 31.5 Å². The van der Waals surface area contributed by atoms with Crippen LogP contribution in [0, 0.1) is 18.6 Å². The van der Waals surface area contributed by atoms with Gasteiger partial charge in [-0.2, -0.15) is 4.98 Å². The van der Waals surface area contributed by atoms with Crippen molar-refractivity contribution in [3.8, 4) is 0 Å². The number of nitrogens with one attached hydrogen (secondary N) is 3. The Kier molecular flexibility index (Phi) is 10.6. The van der Waals surface area contributed by atoms with E-state index in [2.05, 4.69) is 33.3 Å². The van der Waals surface area contributed by atoms with Gasteiger partial charge in [-0.3, -0.25) is 4.79 Å². The zero-order chi connectivity index (χ0) is 31.0. The molecule has 0 aliphatic rings. The summed E-state index contributed by atoms with van der Waals surface area (Å²) >= 11 is 0. The highest BCUT2D eigenvalue weighted by atomic mass is 32.2. The van der Waals surface area contributed by atoms with Gasteiger partial charge in [0.1, 0.15) is 17.9 Å². The number of aromatic nitrogens is 1. The molecule has 0 saturated carbocycles. The van der Waals surface area contributed by atoms with Crippen molar-refractivity contribution in [1.29, 1.82) is 0 Å². The Morgan fingerprint density at radius 2 is 1.70 bits per heavy atom. The van der Waals surface area contributed by atoms with E-state index in [9.17, 15) is 27.1 Å². The number of aliphatic hydroxyl groups is 1. The minimum absolute atomic E-state index is 0.0212. The minimum Gasteiger partial charge on any atom is -0.431 e. The maximum absolute atomic E-state index is 13.9. The number of hydrogen-bond donors (Lipinski definition) is 4. The maximum Gasteiger partial charge on any atom is 0.309 e. The van der Waals surface area contributed by atoms with Crippen LogP contribution in [0.4, 0.5) is 14.8 Å². The predicted molar refractivity (Wildman–Crippen MR) is 158 cm³/mol. The Balaban J connectivity index is 1.40. The van der Waals surface area contributed by atoms with Crippen LogP contribution < -0.4 is 15.4 Å². The van der Waals surface area contributed by atoms with Crippen molar-refractivity contribution in [2.75, 3.05) is 11.3 Å². The molecule has 0 bridgehead atoms. The number of hydrogen-bond acceptors (Lipinski definition) is 7. The van der Waals surface area contributed by atoms with Crippen LogP contribution in [0.5, 0.6) is 0 Å². The first-order chi connectivity index (χ1) is 20.5. The van der Waals surface area contributed by atoms with Gasteiger partial charge in [0.15, 0.2) is 0 Å². The van der Waals surface area contributed by atoms with Crippen LogP contribution in [0.15, 0.2) is 82.3 Å². The third-order valence-electron chi connectivity index (χ3n) is 6.72. The highest BCUT2D eigenvalue weighted by Crippen LogP contribution is 2.17. The molecule has 9 nitrogen and oxygen atoms in total. The summed E-state index contributed by atoms with van der Waals surface area (Å²) < 4.78 is 60.4. The molecular weight excluding hydrogens is 578 g/mol. The number of benzene rings is 3. The molecule has 0 fully saturated rings. The lowest BCUT2D eigenvalue weighted by atomic mass is 10.00. The van der Waals surface area contributed by atoms with Crippen molar-refractivity contribution in [1.82, 2.24) is 15.6 Å². The standard InChI is InChI=1S/C31H34F2N4O5S/c1-3-21-5-4-6-22(11-21)17-34-18-29(38)28(14-23-12-24(32)15-25(33)13-23)36-30(39)16-26-19-42-31(35-26)37-43(40,41)27-9-7-20(2)8-10-27/h4-13,15,19,28-29,34,38H,3,14,16-18H2,1-2H3,(H,35,37)(H,36,39)/t28-,29+/m0/s1. The highest BCUT2D eigenvalue weighted by molar-refractivity contribution is 7.92. The van der Waals surface area contributed by atoms with Gasteiger partial charge in [-0.1, -0.05) is 48.9 Å². The average molecular weight is 613 g/mol. The smallest absolute Gasteiger partial charge is 0.309 e. The zero-order valence-electron chi connectivity index (χ0n) is 23.8. The lowest BCUT2D eigenvalue weighted by molar-refractivity contribution is -0.122. The first kappa shape index (κ1) is 31.8. The van der Waals surface area contributed by atoms with Crippen LogP contribution in [0.3, 0.4) is 0 Å². The average Bonchev–Trinajstić information content (AvgIpc) is 3.38. The molecule has 1 heterocycles. The summed E-state index contributed by atoms with van der Waals surface area (Å²) in [5.74, 6) is -2.10. The monoisotopic (exact) mass is 612 g/mol. The van der Waals surface area contributed by atoms with Gasteiger partial charge in [0.25, 0.3) is 10.0 Å². The van der Waals surface area contributed by atoms with E-state index in [-0.39, 0.29) is 41.6 Å². The van der Waals surface area contributed by atoms with E-state index in [1.54, 1.807) is 12.1 Å². The Morgan fingerprint density at radius 1 is 1.00 bits per heavy atom. The van der Waals surface area contributed by atoms with Crippen LogP contribution in [-0.2, 0) is 40.6 Å². The Morgan fingerprint density at radius 3 is 2.40 bits per heavy atom. The molecule has 43 heavy (non-hydrogen) atoms. The lowest BCUT2D eigenvalue weighted by Gasteiger charge is -2.25. The van der Waals surface area contributed by atoms with E-state index in [0.29, 0.717) is 6.54 Å². The second kappa shape index (κ2) is 14.4. The SMILES string of the molecule is CCc1cccc(CNC[C@@H](O)[C@H](Cc2cc(F)cc(F)c2)NC(=O)Cc2coc(NS(=O)(=O)c3ccc(C)cc3)n2)c1. The summed E-state index contributed by atoms with van der Waals surface area (Å²) in [5.41, 5.74) is 3.49. The van der Waals surface area contributed by atoms with Gasteiger partial charge >= 0.3 is 6.01 Å². The fraction of sp³-hybridized carbons (Fsp3) is 0.290. The summed E-state index contributed by atoms with van der Waals surface area (Å²) in [5, 5.41) is 16.9. The van der Waals surface area contributed by atoms with Crippen molar-refractivity contribution in [3.63, 3.8) is 0 Å². The number of carbonyl (C=O) groups is 1. The molecule has 0 saturated heterocycles. The van der Waals surface area contributed by atoms with Crippen molar-refractivity contribution in [2.45, 2.75) is 56.7 Å². The van der Waals surface area contributed by atoms with E-state index in [0.717, 1.165) is 42.0 Å². The molecule has 4 rings (SSSR count). The molecule has 1 aromatic heterocycles. The first-order valence-corrected chi connectivity index (χ1v) is 15.2. The fourth-order valence-electron chi connectivity index (χ4n) is 4.48. The van der Waals surface area contributed by atoms with Gasteiger partial charge in [-0.15, -0.1) is 0 Å². The third-order valence-corrected chi connectivity index (χ3v) is 8.05. The Bertz CT molecular complexity index is 1620. The topological polar surface area (TPSA) is 134 Å². The van der Waals surface area contributed by atoms with Crippen LogP contribution in [0.25, 0.3) is 0 Å². The van der Waals surface area contributed by atoms with Gasteiger partial charge < -0.3 is 20.2 Å². The number of nitrogens with zero attached hydrogens (tertiary/aromatic N) is 1. The molecule has 2 atom stereocenters. The summed E-state index contributed by atoms with van der Waals surface area (Å²) in [4.78, 5) is 17.0. The third kappa shape index (κ3) is 9.43. The molecule has 4 aromatic rings. The normalized spacial score (nSPS) is 13.0. The van der Waals surface area contributed by atoms with E-state index in [4.69, 9.17) is 4.42 Å². The summed E-state index contributed by atoms with van der Waals surface area (Å²) in [6, 6.07) is 16.0. The van der Waals surface area contributed by atoms with Crippen molar-refractivity contribution in [2.24, 2.45) is 0 Å². The highest BCUT2D eigenvalue weighted by Gasteiger charge is 2.24. The van der Waals surface area contributed by atoms with Crippen LogP contribution in [0.2, 0.25) is 0 Å². The fourth-order valence-corrected chi connectivity index (χ4v) is 5.42. The summed E-state index contributed by atoms with van der Waals surface area (Å²) in [6.45, 7) is 4.45. The van der Waals surface area contributed by atoms with Crippen molar-refractivity contribution in [3.05, 3.63) is 113 Å². The number of oxazole rings is 1. The quantitative estimate of drug-likeness (QED) is 0.169. The second-order valence-corrected chi connectivity index (χ2v) is 11.9. The number of aliphatic hydroxyl groups excluding tert-OH is 1. The zero-order valence-corrected chi connectivity index (χ0v) is 24.6. The van der Waals surface area contributed by atoms with Crippen molar-refractivity contribution >= 4 is 21.9 Å². The maximum atomic E-state index is 13.9. The molecule has 0 radical (unpaired) electrons. The number of anilines is 1. The second-order valence-electron chi connectivity index (χ2n) is 10.3. The van der Waals surface area contributed by atoms with Gasteiger partial charge in [0.2, 0.25) is 5.91 Å². The molecule has 4 N–H and O–H groups in total. The molecule has 0 unspecified atom stereocenters. The first-order valence-electron chi connectivity index (χ1n) is 13.8. The molecule has 12 heteroatoms. The van der Waals surface area contributed by atoms with E-state index in [1.807, 2.05) is 25.1 Å². The van der Waals surface area contributed by atoms with E-state index < -0.39 is 39.7 Å². The van der Waals surface area contributed by atoms with Gasteiger partial charge in [0.05, 0.1) is 29.2 Å². The van der Waals surface area contributed by atoms with E-state index in [1.165, 1.54) is 17.7 Å². The number of rotatable bonds is 14. The summed E-state index contributed by atoms with van der Waals surface area (Å²) in [6.07, 6.45) is 0.577. The van der Waals surface area contributed by atoms with Gasteiger partial charge in [0, 0.05) is 19.2 Å². The van der Waals surface area contributed by atoms with Crippen LogP contribution in [0.1, 0.15) is 34.9 Å². The molecule has 0 aliphatic carbocycles. The Labute approximate surface area is 249 Å². The number of sulfonamides is 1. The van der Waals surface area contributed by atoms with Gasteiger partial charge in [-0.05, 0) is 60.7 Å². The number of amides is 1. The van der Waals surface area contributed by atoms with Gasteiger partial charge in [-0.25, -0.2) is 21.9 Å². The molecule has 0 spiro atoms. The molecular formula is C31H34F2N4O5S. The van der Waals surface area contributed by atoms with Crippen LogP contribution >= 0.6 is 0 Å². The number of halogens is 2. The Hall–Kier alpha value is -4.13. The molecule has 0 aliphatic heterocycles. The lowest BCUT2D eigenvalue weighted by Crippen LogP contribution is -2.49. The number of aryl methyl sites for hydroxylation is 2. The molecule has 3 aromatic carbocycles. The molecule has 228 valence electrons. The molecule has 1 amide bonds. The largest absolute Gasteiger partial charge is 0.431 e. The number of carbonyl (C=O) groups excluding carboxylic acids is 1. The summed E-state index contributed by atoms with van der Waals surface area (Å²) in [7, 11) is -3.96. The minimum atomic E-state index is -3.96. The van der Waals surface area contributed by atoms with Crippen LogP contribution in [-0.4, -0.2) is 43.1 Å². The van der Waals surface area contributed by atoms with E-state index >= 15 is 0 Å².